The molecule has 0 aliphatic heterocycles. The lowest BCUT2D eigenvalue weighted by molar-refractivity contribution is 0.308. The van der Waals surface area contributed by atoms with E-state index in [1.807, 2.05) is 29.6 Å². The summed E-state index contributed by atoms with van der Waals surface area (Å²) in [5.41, 5.74) is 6.39. The molecule has 0 bridgehead atoms. The smallest absolute Gasteiger partial charge is 0.136 e. The van der Waals surface area contributed by atoms with Crippen LogP contribution in [0.15, 0.2) is 38.6 Å². The van der Waals surface area contributed by atoms with E-state index in [0.717, 1.165) is 14.7 Å². The summed E-state index contributed by atoms with van der Waals surface area (Å²) in [6, 6.07) is 7.57. The Morgan fingerprint density at radius 1 is 1.25 bits per heavy atom. The second kappa shape index (κ2) is 5.21. The predicted octanol–water partition coefficient (Wildman–Crippen LogP) is 4.43. The average molecular weight is 363 g/mol. The van der Waals surface area contributed by atoms with E-state index in [9.17, 15) is 0 Å². The molecule has 0 saturated carbocycles. The number of halogens is 2. The quantitative estimate of drug-likeness (QED) is 0.819. The lowest BCUT2D eigenvalue weighted by Gasteiger charge is -2.07. The Balaban J connectivity index is 2.07. The molecule has 0 spiro atoms. The first kappa shape index (κ1) is 12.0. The van der Waals surface area contributed by atoms with E-state index in [0.29, 0.717) is 12.3 Å². The molecule has 1 aromatic carbocycles. The van der Waals surface area contributed by atoms with Crippen LogP contribution < -0.4 is 10.5 Å². The number of hydrogen-bond donors (Lipinski definition) is 1. The van der Waals surface area contributed by atoms with Gasteiger partial charge >= 0.3 is 0 Å². The van der Waals surface area contributed by atoms with Crippen LogP contribution in [0.25, 0.3) is 0 Å². The van der Waals surface area contributed by atoms with E-state index in [4.69, 9.17) is 10.5 Å². The number of nitrogen functional groups attached to an aromatic ring is 1. The van der Waals surface area contributed by atoms with Crippen LogP contribution in [0.1, 0.15) is 4.88 Å². The van der Waals surface area contributed by atoms with Gasteiger partial charge in [0.1, 0.15) is 12.4 Å². The second-order valence-corrected chi connectivity index (χ2v) is 5.98. The van der Waals surface area contributed by atoms with Crippen LogP contribution in [-0.4, -0.2) is 0 Å². The minimum absolute atomic E-state index is 0.554. The van der Waals surface area contributed by atoms with Gasteiger partial charge in [0.15, 0.2) is 0 Å². The van der Waals surface area contributed by atoms with Crippen molar-refractivity contribution in [1.82, 2.24) is 0 Å². The number of benzene rings is 1. The Labute approximate surface area is 115 Å². The van der Waals surface area contributed by atoms with Gasteiger partial charge in [0.05, 0.1) is 4.47 Å². The molecule has 84 valence electrons. The summed E-state index contributed by atoms with van der Waals surface area (Å²) >= 11 is 8.49. The third-order valence-electron chi connectivity index (χ3n) is 1.95. The monoisotopic (exact) mass is 361 g/mol. The van der Waals surface area contributed by atoms with Crippen molar-refractivity contribution in [1.29, 1.82) is 0 Å². The van der Waals surface area contributed by atoms with Gasteiger partial charge in [-0.2, -0.15) is 0 Å². The van der Waals surface area contributed by atoms with Crippen LogP contribution >= 0.6 is 43.2 Å². The molecule has 0 amide bonds. The SMILES string of the molecule is Nc1ccc(Br)c(OCc2cc(Br)cs2)c1. The topological polar surface area (TPSA) is 35.2 Å². The number of rotatable bonds is 3. The van der Waals surface area contributed by atoms with E-state index < -0.39 is 0 Å². The fourth-order valence-electron chi connectivity index (χ4n) is 1.21. The van der Waals surface area contributed by atoms with Gasteiger partial charge in [0.25, 0.3) is 0 Å². The van der Waals surface area contributed by atoms with E-state index >= 15 is 0 Å². The molecule has 1 heterocycles. The van der Waals surface area contributed by atoms with Crippen molar-refractivity contribution >= 4 is 48.9 Å². The van der Waals surface area contributed by atoms with Gasteiger partial charge in [-0.05, 0) is 50.1 Å². The molecule has 0 atom stereocenters. The Bertz CT molecular complexity index is 498. The van der Waals surface area contributed by atoms with E-state index in [1.165, 1.54) is 4.88 Å². The maximum Gasteiger partial charge on any atom is 0.136 e. The van der Waals surface area contributed by atoms with Crippen molar-refractivity contribution in [2.45, 2.75) is 6.61 Å². The first-order valence-corrected chi connectivity index (χ1v) is 7.02. The van der Waals surface area contributed by atoms with Crippen LogP contribution in [0.4, 0.5) is 5.69 Å². The fourth-order valence-corrected chi connectivity index (χ4v) is 2.93. The van der Waals surface area contributed by atoms with Crippen molar-refractivity contribution < 1.29 is 4.74 Å². The van der Waals surface area contributed by atoms with Gasteiger partial charge in [-0.25, -0.2) is 0 Å². The molecule has 5 heteroatoms. The van der Waals surface area contributed by atoms with Crippen LogP contribution in [0.2, 0.25) is 0 Å². The van der Waals surface area contributed by atoms with E-state index in [2.05, 4.69) is 31.9 Å². The van der Waals surface area contributed by atoms with Crippen LogP contribution in [0.3, 0.4) is 0 Å². The zero-order valence-corrected chi connectivity index (χ0v) is 12.2. The van der Waals surface area contributed by atoms with Crippen molar-refractivity contribution in [3.05, 3.63) is 43.5 Å². The lowest BCUT2D eigenvalue weighted by Crippen LogP contribution is -1.95. The van der Waals surface area contributed by atoms with Crippen LogP contribution in [0.5, 0.6) is 5.75 Å². The van der Waals surface area contributed by atoms with Gasteiger partial charge in [0.2, 0.25) is 0 Å². The third kappa shape index (κ3) is 2.99. The number of thiophene rings is 1. The Morgan fingerprint density at radius 2 is 2.06 bits per heavy atom. The third-order valence-corrected chi connectivity index (χ3v) is 4.27. The summed E-state index contributed by atoms with van der Waals surface area (Å²) in [5, 5.41) is 2.03. The second-order valence-electron chi connectivity index (χ2n) is 3.21. The number of nitrogens with two attached hydrogens (primary N) is 1. The van der Waals surface area contributed by atoms with Crippen molar-refractivity contribution in [3.63, 3.8) is 0 Å². The Kier molecular flexibility index (Phi) is 3.89. The van der Waals surface area contributed by atoms with E-state index in [1.54, 1.807) is 11.3 Å². The molecule has 16 heavy (non-hydrogen) atoms. The maximum atomic E-state index is 5.69. The highest BCUT2D eigenvalue weighted by Gasteiger charge is 2.03. The van der Waals surface area contributed by atoms with Crippen molar-refractivity contribution in [2.24, 2.45) is 0 Å². The van der Waals surface area contributed by atoms with Crippen LogP contribution in [0, 0.1) is 0 Å². The molecule has 0 unspecified atom stereocenters. The van der Waals surface area contributed by atoms with Gasteiger partial charge in [0, 0.05) is 26.5 Å². The predicted molar refractivity (Wildman–Crippen MR) is 74.9 cm³/mol. The summed E-state index contributed by atoms with van der Waals surface area (Å²) in [7, 11) is 0. The minimum Gasteiger partial charge on any atom is -0.487 e. The highest BCUT2D eigenvalue weighted by molar-refractivity contribution is 9.10. The molecule has 0 aliphatic rings. The highest BCUT2D eigenvalue weighted by Crippen LogP contribution is 2.29. The molecule has 2 N–H and O–H groups in total. The average Bonchev–Trinajstić information content (AvgIpc) is 2.66. The maximum absolute atomic E-state index is 5.69. The molecule has 0 aliphatic carbocycles. The van der Waals surface area contributed by atoms with Gasteiger partial charge in [-0.15, -0.1) is 11.3 Å². The summed E-state index contributed by atoms with van der Waals surface area (Å²) in [4.78, 5) is 1.17. The van der Waals surface area contributed by atoms with Gasteiger partial charge < -0.3 is 10.5 Å². The molecule has 2 aromatic rings. The molecule has 0 fully saturated rings. The number of hydrogen-bond acceptors (Lipinski definition) is 3. The zero-order chi connectivity index (χ0) is 11.5. The van der Waals surface area contributed by atoms with Crippen molar-refractivity contribution in [2.75, 3.05) is 5.73 Å². The van der Waals surface area contributed by atoms with Gasteiger partial charge in [-0.3, -0.25) is 0 Å². The fraction of sp³-hybridized carbons (Fsp3) is 0.0909. The highest BCUT2D eigenvalue weighted by atomic mass is 79.9. The summed E-state index contributed by atoms with van der Waals surface area (Å²) < 4.78 is 7.68. The molecule has 0 radical (unpaired) electrons. The summed E-state index contributed by atoms with van der Waals surface area (Å²) in [5.74, 6) is 0.768. The molecule has 2 nitrogen and oxygen atoms in total. The van der Waals surface area contributed by atoms with Gasteiger partial charge in [-0.1, -0.05) is 0 Å². The molecule has 2 rings (SSSR count). The Morgan fingerprint density at radius 3 is 2.75 bits per heavy atom. The van der Waals surface area contributed by atoms with E-state index in [-0.39, 0.29) is 0 Å². The first-order valence-electron chi connectivity index (χ1n) is 4.56. The molecular weight excluding hydrogens is 354 g/mol. The summed E-state index contributed by atoms with van der Waals surface area (Å²) in [6.07, 6.45) is 0. The Hall–Kier alpha value is -0.520. The largest absolute Gasteiger partial charge is 0.487 e. The normalized spacial score (nSPS) is 10.4. The minimum atomic E-state index is 0.554. The molecule has 0 saturated heterocycles. The molecule has 1 aromatic heterocycles. The lowest BCUT2D eigenvalue weighted by atomic mass is 10.3. The summed E-state index contributed by atoms with van der Waals surface area (Å²) in [6.45, 7) is 0.554. The zero-order valence-electron chi connectivity index (χ0n) is 8.24. The number of ether oxygens (including phenoxy) is 1. The van der Waals surface area contributed by atoms with Crippen LogP contribution in [-0.2, 0) is 6.61 Å². The van der Waals surface area contributed by atoms with Crippen molar-refractivity contribution in [3.8, 4) is 5.75 Å². The molecular formula is C11H9Br2NOS. The number of anilines is 1. The first-order chi connectivity index (χ1) is 7.65. The standard InChI is InChI=1S/C11H9Br2NOS/c12-7-3-9(16-6-7)5-15-11-4-8(14)1-2-10(11)13/h1-4,6H,5,14H2.